The van der Waals surface area contributed by atoms with E-state index in [1.807, 2.05) is 0 Å². The maximum atomic E-state index is 2.51. The molecule has 10 fully saturated rings. The van der Waals surface area contributed by atoms with Crippen LogP contribution >= 0.6 is 23.5 Å². The molecule has 10 heterocycles. The summed E-state index contributed by atoms with van der Waals surface area (Å²) in [5.74, 6) is 0. The summed E-state index contributed by atoms with van der Waals surface area (Å²) in [6, 6.07) is 0. The van der Waals surface area contributed by atoms with Gasteiger partial charge in [0.15, 0.2) is 0 Å². The molecular formula is C12H14FeS2. The summed E-state index contributed by atoms with van der Waals surface area (Å²) in [4.78, 5) is 11.8. The van der Waals surface area contributed by atoms with Crippen molar-refractivity contribution in [2.45, 2.75) is 45.8 Å². The van der Waals surface area contributed by atoms with Gasteiger partial charge in [0.1, 0.15) is 0 Å². The molecule has 10 aliphatic heterocycles. The molecule has 0 amide bonds. The fraction of sp³-hybridized carbons (Fsp3) is 1.00. The Morgan fingerprint density at radius 3 is 1.20 bits per heavy atom. The Morgan fingerprint density at radius 1 is 0.733 bits per heavy atom. The van der Waals surface area contributed by atoms with Crippen LogP contribution in [0.1, 0.15) is 0 Å². The van der Waals surface area contributed by atoms with Crippen molar-refractivity contribution in [3.63, 3.8) is 0 Å². The Kier molecular flexibility index (Phi) is 0.171. The number of hydrogen-bond acceptors (Lipinski definition) is 2. The molecule has 1 spiro atoms. The Morgan fingerprint density at radius 2 is 1.07 bits per heavy atom. The summed E-state index contributed by atoms with van der Waals surface area (Å²) in [7, 11) is 0. The van der Waals surface area contributed by atoms with Crippen molar-refractivity contribution in [2.24, 2.45) is 0 Å². The summed E-state index contributed by atoms with van der Waals surface area (Å²) < 4.78 is 2.19. The van der Waals surface area contributed by atoms with Gasteiger partial charge in [-0.25, -0.2) is 0 Å². The van der Waals surface area contributed by atoms with Gasteiger partial charge in [-0.05, 0) is 0 Å². The van der Waals surface area contributed by atoms with Crippen LogP contribution in [0, 0.1) is 0 Å². The molecule has 10 rings (SSSR count). The van der Waals surface area contributed by atoms with Crippen LogP contribution in [0.4, 0.5) is 0 Å². The second-order valence-corrected chi connectivity index (χ2v) is 36.1. The van der Waals surface area contributed by atoms with Gasteiger partial charge >= 0.3 is 88.4 Å². The average molecular weight is 278 g/mol. The van der Waals surface area contributed by atoms with Crippen LogP contribution in [0.2, 0.25) is 38.5 Å². The minimum atomic E-state index is -2.79. The van der Waals surface area contributed by atoms with E-state index in [9.17, 15) is 0 Å². The summed E-state index contributed by atoms with van der Waals surface area (Å²) in [5, 5.41) is 0. The number of fused-ring (bicyclic) bond motifs is 10. The first-order chi connectivity index (χ1) is 7.05. The van der Waals surface area contributed by atoms with Crippen molar-refractivity contribution in [3.05, 3.63) is 0 Å². The van der Waals surface area contributed by atoms with E-state index in [0.717, 1.165) is 7.29 Å². The molecular weight excluding hydrogens is 264 g/mol. The van der Waals surface area contributed by atoms with Crippen molar-refractivity contribution in [1.29, 1.82) is 0 Å². The standard InChI is InChI=1S/2C6H7S.Fe/c2*1-7-6-4-2-3-5-6;/h2*2-5H,1H3;. The van der Waals surface area contributed by atoms with Crippen molar-refractivity contribution in [3.8, 4) is 0 Å². The monoisotopic (exact) mass is 278 g/mol. The van der Waals surface area contributed by atoms with Gasteiger partial charge in [0, 0.05) is 0 Å². The number of thioether (sulfide) groups is 2. The molecule has 0 N–H and O–H groups in total. The summed E-state index contributed by atoms with van der Waals surface area (Å²) >= 11 is 4.88. The first kappa shape index (κ1) is 5.91. The van der Waals surface area contributed by atoms with Gasteiger partial charge in [-0.15, -0.1) is 0 Å². The summed E-state index contributed by atoms with van der Waals surface area (Å²) in [5.41, 5.74) is 0. The van der Waals surface area contributed by atoms with Crippen molar-refractivity contribution < 1.29 is 6.51 Å². The van der Waals surface area contributed by atoms with Crippen LogP contribution in [-0.4, -0.2) is 19.8 Å². The Balaban J connectivity index is 1.88. The zero-order valence-electron chi connectivity index (χ0n) is 8.79. The van der Waals surface area contributed by atoms with Crippen LogP contribution in [0.25, 0.3) is 0 Å². The van der Waals surface area contributed by atoms with Gasteiger partial charge in [-0.2, -0.15) is 0 Å². The van der Waals surface area contributed by atoms with E-state index in [1.165, 1.54) is 38.5 Å². The third kappa shape index (κ3) is 0.0489. The van der Waals surface area contributed by atoms with Gasteiger partial charge in [-0.1, -0.05) is 0 Å². The molecule has 3 heteroatoms. The zero-order chi connectivity index (χ0) is 9.35. The van der Waals surface area contributed by atoms with Crippen LogP contribution in [-0.2, 0) is 6.51 Å². The Bertz CT molecular complexity index is 859. The Hall–Kier alpha value is 1.22. The molecule has 8 unspecified atom stereocenters. The first-order valence-corrected chi connectivity index (χ1v) is 15.0. The molecule has 10 aliphatic rings. The van der Waals surface area contributed by atoms with E-state index in [4.69, 9.17) is 0 Å². The average Bonchev–Trinajstić information content (AvgIpc) is 3.22. The molecule has 10 saturated heterocycles. The van der Waals surface area contributed by atoms with E-state index >= 15 is 0 Å². The van der Waals surface area contributed by atoms with Crippen LogP contribution in [0.3, 0.4) is 0 Å². The molecule has 0 aromatic rings. The molecule has 8 atom stereocenters. The van der Waals surface area contributed by atoms with Crippen LogP contribution < -0.4 is 0 Å². The van der Waals surface area contributed by atoms with Crippen molar-refractivity contribution >= 4 is 23.5 Å². The van der Waals surface area contributed by atoms with Gasteiger partial charge < -0.3 is 0 Å². The fourth-order valence-electron chi connectivity index (χ4n) is 17.2. The van der Waals surface area contributed by atoms with E-state index < -0.39 is 6.51 Å². The molecule has 0 aliphatic carbocycles. The van der Waals surface area contributed by atoms with E-state index in [-0.39, 0.29) is 0 Å². The molecule has 0 nitrogen and oxygen atoms in total. The number of hydrogen-bond donors (Lipinski definition) is 0. The molecule has 0 aromatic carbocycles. The molecule has 15 heavy (non-hydrogen) atoms. The Labute approximate surface area is 88.0 Å². The van der Waals surface area contributed by atoms with Crippen molar-refractivity contribution in [2.75, 3.05) is 12.5 Å². The fourth-order valence-corrected chi connectivity index (χ4v) is 113. The first-order valence-electron chi connectivity index (χ1n) is 6.37. The molecule has 0 aromatic heterocycles. The van der Waals surface area contributed by atoms with E-state index in [2.05, 4.69) is 36.0 Å². The zero-order valence-corrected chi connectivity index (χ0v) is 11.5. The minimum absolute atomic E-state index is 1.09. The third-order valence-electron chi connectivity index (χ3n) is 15.2. The SMILES string of the molecule is CS[C]12[CH]3[CH]4[CH]5[CH]1[Fe]45321678[CH]2[CH]1[CH]6[C]7(SC)[CH]28. The predicted molar refractivity (Wildman–Crippen MR) is 62.5 cm³/mol. The second kappa shape index (κ2) is 0.434. The summed E-state index contributed by atoms with van der Waals surface area (Å²) in [6.07, 6.45) is 5.02. The van der Waals surface area contributed by atoms with Gasteiger partial charge in [0.2, 0.25) is 0 Å². The van der Waals surface area contributed by atoms with Crippen molar-refractivity contribution in [1.82, 2.24) is 0 Å². The van der Waals surface area contributed by atoms with E-state index in [1.54, 1.807) is 0 Å². The second-order valence-electron chi connectivity index (χ2n) is 10.0. The molecule has 82 valence electrons. The topological polar surface area (TPSA) is 0 Å². The normalized spacial score (nSPS) is 139. The van der Waals surface area contributed by atoms with Crippen LogP contribution in [0.15, 0.2) is 0 Å². The van der Waals surface area contributed by atoms with Gasteiger partial charge in [-0.3, -0.25) is 0 Å². The van der Waals surface area contributed by atoms with Gasteiger partial charge in [0.05, 0.1) is 0 Å². The molecule has 0 radical (unpaired) electrons. The number of rotatable bonds is 2. The third-order valence-corrected chi connectivity index (χ3v) is 67.3. The van der Waals surface area contributed by atoms with Gasteiger partial charge in [0.25, 0.3) is 0 Å². The molecule has 0 saturated carbocycles. The summed E-state index contributed by atoms with van der Waals surface area (Å²) in [6.45, 7) is -2.79. The maximum absolute atomic E-state index is 2.79. The molecule has 0 bridgehead atoms. The van der Waals surface area contributed by atoms with Crippen LogP contribution in [0.5, 0.6) is 0 Å². The predicted octanol–water partition coefficient (Wildman–Crippen LogP) is 3.92. The quantitative estimate of drug-likeness (QED) is 0.702. The van der Waals surface area contributed by atoms with E-state index in [0.29, 0.717) is 0 Å².